The molecule has 0 aromatic carbocycles. The smallest absolute Gasteiger partial charge is 0.216 e. The summed E-state index contributed by atoms with van der Waals surface area (Å²) in [5.41, 5.74) is 2.13. The highest BCUT2D eigenvalue weighted by molar-refractivity contribution is 6.78. The highest BCUT2D eigenvalue weighted by Gasteiger charge is 2.29. The maximum absolute atomic E-state index is 6.18. The molecule has 0 aliphatic rings. The Morgan fingerprint density at radius 1 is 0.941 bits per heavy atom. The third-order valence-corrected chi connectivity index (χ3v) is 7.11. The van der Waals surface area contributed by atoms with Crippen molar-refractivity contribution in [3.05, 3.63) is 12.3 Å². The predicted molar refractivity (Wildman–Crippen MR) is 77.8 cm³/mol. The second kappa shape index (κ2) is 11.0. The van der Waals surface area contributed by atoms with Crippen LogP contribution in [0, 0.1) is 0 Å². The van der Waals surface area contributed by atoms with Crippen molar-refractivity contribution in [2.24, 2.45) is 0 Å². The van der Waals surface area contributed by atoms with Crippen molar-refractivity contribution < 1.29 is 9.16 Å². The van der Waals surface area contributed by atoms with Gasteiger partial charge >= 0.3 is 0 Å². The molecule has 0 rings (SSSR count). The van der Waals surface area contributed by atoms with Crippen LogP contribution >= 0.6 is 0 Å². The van der Waals surface area contributed by atoms with E-state index in [1.165, 1.54) is 24.9 Å². The molecular weight excluding hydrogens is 228 g/mol. The van der Waals surface area contributed by atoms with Gasteiger partial charge in [0.05, 0.1) is 0 Å². The molecule has 0 aromatic heterocycles. The maximum Gasteiger partial charge on any atom is 0.216 e. The normalized spacial score (nSPS) is 11.7. The molecule has 0 aromatic rings. The zero-order valence-electron chi connectivity index (χ0n) is 12.0. The summed E-state index contributed by atoms with van der Waals surface area (Å²) < 4.78 is 11.6. The van der Waals surface area contributed by atoms with Gasteiger partial charge in [-0.25, -0.2) is 0 Å². The molecule has 0 heterocycles. The minimum atomic E-state index is -1.63. The van der Waals surface area contributed by atoms with Gasteiger partial charge in [-0.2, -0.15) is 0 Å². The molecule has 2 nitrogen and oxygen atoms in total. The molecule has 0 N–H and O–H groups in total. The zero-order valence-corrected chi connectivity index (χ0v) is 13.0. The number of hydrogen-bond acceptors (Lipinski definition) is 2. The molecule has 3 heteroatoms. The van der Waals surface area contributed by atoms with Gasteiger partial charge in [0.1, 0.15) is 0 Å². The Kier molecular flexibility index (Phi) is 10.9. The van der Waals surface area contributed by atoms with Crippen molar-refractivity contribution in [3.8, 4) is 0 Å². The van der Waals surface area contributed by atoms with Crippen LogP contribution in [-0.4, -0.2) is 28.1 Å². The van der Waals surface area contributed by atoms with Crippen LogP contribution in [-0.2, 0) is 9.16 Å². The summed E-state index contributed by atoms with van der Waals surface area (Å²) in [5.74, 6) is 0. The topological polar surface area (TPSA) is 18.5 Å². The summed E-state index contributed by atoms with van der Waals surface area (Å²) in [4.78, 5) is 0. The summed E-state index contributed by atoms with van der Waals surface area (Å²) in [6, 6.07) is 2.42. The minimum absolute atomic E-state index is 0.827. The molecule has 0 bridgehead atoms. The second-order valence-electron chi connectivity index (χ2n) is 4.58. The fourth-order valence-electron chi connectivity index (χ4n) is 2.06. The van der Waals surface area contributed by atoms with Crippen LogP contribution in [0.2, 0.25) is 12.1 Å². The van der Waals surface area contributed by atoms with Crippen molar-refractivity contribution in [1.29, 1.82) is 0 Å². The molecule has 0 saturated heterocycles. The van der Waals surface area contributed by atoms with Gasteiger partial charge in [-0.15, -0.1) is 6.58 Å². The quantitative estimate of drug-likeness (QED) is 0.383. The van der Waals surface area contributed by atoms with E-state index in [-0.39, 0.29) is 0 Å². The van der Waals surface area contributed by atoms with Crippen LogP contribution in [0.25, 0.3) is 0 Å². The van der Waals surface area contributed by atoms with Crippen LogP contribution in [0.1, 0.15) is 46.5 Å². The van der Waals surface area contributed by atoms with E-state index < -0.39 is 8.32 Å². The van der Waals surface area contributed by atoms with Gasteiger partial charge < -0.3 is 9.16 Å². The first-order valence-corrected chi connectivity index (χ1v) is 9.50. The third kappa shape index (κ3) is 7.74. The molecular formula is C14H30O2Si. The molecule has 0 fully saturated rings. The van der Waals surface area contributed by atoms with Crippen LogP contribution in [0.4, 0.5) is 0 Å². The summed E-state index contributed by atoms with van der Waals surface area (Å²) in [5, 5.41) is 0. The molecule has 0 spiro atoms. The van der Waals surface area contributed by atoms with Gasteiger partial charge in [0.2, 0.25) is 8.32 Å². The van der Waals surface area contributed by atoms with Gasteiger partial charge in [0, 0.05) is 19.8 Å². The van der Waals surface area contributed by atoms with Crippen molar-refractivity contribution in [2.75, 3.05) is 19.8 Å². The molecule has 0 aliphatic carbocycles. The summed E-state index contributed by atoms with van der Waals surface area (Å²) in [6.45, 7) is 13.1. The van der Waals surface area contributed by atoms with Crippen LogP contribution in [0.5, 0.6) is 0 Å². The molecule has 0 unspecified atom stereocenters. The fraction of sp³-hybridized carbons (Fsp3) is 0.857. The van der Waals surface area contributed by atoms with Gasteiger partial charge in [0.25, 0.3) is 0 Å². The first-order chi connectivity index (χ1) is 8.24. The monoisotopic (exact) mass is 258 g/mol. The number of rotatable bonds is 12. The van der Waals surface area contributed by atoms with Crippen LogP contribution in [0.15, 0.2) is 12.3 Å². The largest absolute Gasteiger partial charge is 0.413 e. The van der Waals surface area contributed by atoms with Crippen LogP contribution < -0.4 is 0 Å². The lowest BCUT2D eigenvalue weighted by molar-refractivity contribution is 0.119. The van der Waals surface area contributed by atoms with E-state index in [0.29, 0.717) is 0 Å². The average Bonchev–Trinajstić information content (AvgIpc) is 2.34. The lowest BCUT2D eigenvalue weighted by atomic mass is 10.5. The van der Waals surface area contributed by atoms with E-state index in [9.17, 15) is 0 Å². The summed E-state index contributed by atoms with van der Waals surface area (Å²) >= 11 is 0. The Bertz CT molecular complexity index is 177. The second-order valence-corrected chi connectivity index (χ2v) is 8.41. The van der Waals surface area contributed by atoms with Crippen molar-refractivity contribution in [3.63, 3.8) is 0 Å². The first kappa shape index (κ1) is 16.9. The first-order valence-electron chi connectivity index (χ1n) is 7.10. The lowest BCUT2D eigenvalue weighted by Crippen LogP contribution is -2.36. The number of hydrogen-bond donors (Lipinski definition) is 0. The van der Waals surface area contributed by atoms with E-state index in [0.717, 1.165) is 32.7 Å². The Hall–Kier alpha value is -0.123. The molecule has 0 aliphatic heterocycles. The fourth-order valence-corrected chi connectivity index (χ4v) is 5.37. The van der Waals surface area contributed by atoms with E-state index in [1.54, 1.807) is 0 Å². The zero-order chi connectivity index (χ0) is 13.0. The highest BCUT2D eigenvalue weighted by Crippen LogP contribution is 2.22. The summed E-state index contributed by atoms with van der Waals surface area (Å²) in [6.07, 6.45) is 4.50. The SMILES string of the molecule is C=C[Si](CCC)(CCC)OCCCOCCC. The maximum atomic E-state index is 6.18. The Labute approximate surface area is 109 Å². The van der Waals surface area contributed by atoms with Gasteiger partial charge in [-0.3, -0.25) is 0 Å². The predicted octanol–water partition coefficient (Wildman–Crippen LogP) is 4.31. The molecule has 17 heavy (non-hydrogen) atoms. The van der Waals surface area contributed by atoms with E-state index >= 15 is 0 Å². The van der Waals surface area contributed by atoms with Crippen LogP contribution in [0.3, 0.4) is 0 Å². The van der Waals surface area contributed by atoms with Gasteiger partial charge in [-0.05, 0) is 24.9 Å². The summed E-state index contributed by atoms with van der Waals surface area (Å²) in [7, 11) is -1.63. The Morgan fingerprint density at radius 3 is 2.06 bits per heavy atom. The highest BCUT2D eigenvalue weighted by atomic mass is 28.4. The molecule has 0 atom stereocenters. The number of ether oxygens (including phenoxy) is 1. The molecule has 0 amide bonds. The Morgan fingerprint density at radius 2 is 1.59 bits per heavy atom. The third-order valence-electron chi connectivity index (χ3n) is 2.89. The van der Waals surface area contributed by atoms with Crippen molar-refractivity contribution in [2.45, 2.75) is 58.5 Å². The average molecular weight is 258 g/mol. The standard InChI is InChI=1S/C14H30O2Si/c1-5-10-15-11-9-12-16-17(8-4,13-6-2)14-7-3/h8H,4-7,9-14H2,1-3H3. The van der Waals surface area contributed by atoms with E-state index in [4.69, 9.17) is 9.16 Å². The lowest BCUT2D eigenvalue weighted by Gasteiger charge is -2.27. The molecule has 102 valence electrons. The molecule has 0 radical (unpaired) electrons. The van der Waals surface area contributed by atoms with Gasteiger partial charge in [-0.1, -0.05) is 39.3 Å². The Balaban J connectivity index is 3.86. The van der Waals surface area contributed by atoms with Crippen molar-refractivity contribution in [1.82, 2.24) is 0 Å². The van der Waals surface area contributed by atoms with E-state index in [2.05, 4.69) is 33.0 Å². The van der Waals surface area contributed by atoms with Crippen molar-refractivity contribution >= 4 is 8.32 Å². The minimum Gasteiger partial charge on any atom is -0.413 e. The van der Waals surface area contributed by atoms with E-state index in [1.807, 2.05) is 0 Å². The van der Waals surface area contributed by atoms with Gasteiger partial charge in [0.15, 0.2) is 0 Å². The molecule has 0 saturated carbocycles.